The molecule has 0 aliphatic rings. The SMILES string of the molecule is CC(C)NCc1cc(CN(C)Cc2ccccc2Br)on1. The van der Waals surface area contributed by atoms with Gasteiger partial charge in [0.25, 0.3) is 0 Å². The van der Waals surface area contributed by atoms with Gasteiger partial charge in [0.05, 0.1) is 12.2 Å². The first-order valence-electron chi connectivity index (χ1n) is 7.14. The zero-order valence-corrected chi connectivity index (χ0v) is 14.4. The van der Waals surface area contributed by atoms with Crippen molar-refractivity contribution in [2.75, 3.05) is 7.05 Å². The molecule has 2 aromatic rings. The average Bonchev–Trinajstić information content (AvgIpc) is 2.86. The third-order valence-corrected chi connectivity index (χ3v) is 3.90. The van der Waals surface area contributed by atoms with E-state index in [-0.39, 0.29) is 0 Å². The topological polar surface area (TPSA) is 41.3 Å². The van der Waals surface area contributed by atoms with E-state index in [1.54, 1.807) is 0 Å². The molecule has 0 saturated carbocycles. The zero-order chi connectivity index (χ0) is 15.2. The zero-order valence-electron chi connectivity index (χ0n) is 12.8. The largest absolute Gasteiger partial charge is 0.360 e. The Balaban J connectivity index is 1.88. The lowest BCUT2D eigenvalue weighted by molar-refractivity contribution is 0.265. The van der Waals surface area contributed by atoms with Crippen LogP contribution in [-0.2, 0) is 19.6 Å². The van der Waals surface area contributed by atoms with Crippen molar-refractivity contribution in [2.24, 2.45) is 0 Å². The van der Waals surface area contributed by atoms with Crippen molar-refractivity contribution in [2.45, 2.75) is 39.5 Å². The van der Waals surface area contributed by atoms with Gasteiger partial charge >= 0.3 is 0 Å². The molecule has 0 spiro atoms. The molecule has 1 heterocycles. The van der Waals surface area contributed by atoms with Gasteiger partial charge in [0.2, 0.25) is 0 Å². The van der Waals surface area contributed by atoms with Crippen LogP contribution in [0.1, 0.15) is 30.9 Å². The molecule has 0 amide bonds. The van der Waals surface area contributed by atoms with Crippen LogP contribution in [-0.4, -0.2) is 23.1 Å². The van der Waals surface area contributed by atoms with Crippen molar-refractivity contribution in [3.05, 3.63) is 51.8 Å². The van der Waals surface area contributed by atoms with E-state index in [9.17, 15) is 0 Å². The Kier molecular flexibility index (Phi) is 5.96. The van der Waals surface area contributed by atoms with E-state index >= 15 is 0 Å². The van der Waals surface area contributed by atoms with Crippen molar-refractivity contribution in [1.82, 2.24) is 15.4 Å². The highest BCUT2D eigenvalue weighted by Gasteiger charge is 2.09. The predicted octanol–water partition coefficient (Wildman–Crippen LogP) is 3.57. The molecule has 4 nitrogen and oxygen atoms in total. The van der Waals surface area contributed by atoms with Gasteiger partial charge in [-0.1, -0.05) is 53.1 Å². The van der Waals surface area contributed by atoms with Crippen LogP contribution in [0.3, 0.4) is 0 Å². The molecule has 0 radical (unpaired) electrons. The van der Waals surface area contributed by atoms with Crippen molar-refractivity contribution >= 4 is 15.9 Å². The van der Waals surface area contributed by atoms with E-state index in [1.165, 1.54) is 5.56 Å². The minimum absolute atomic E-state index is 0.447. The molecule has 0 aliphatic carbocycles. The van der Waals surface area contributed by atoms with Crippen molar-refractivity contribution in [3.8, 4) is 0 Å². The second kappa shape index (κ2) is 7.73. The number of nitrogens with zero attached hydrogens (tertiary/aromatic N) is 2. The molecule has 0 fully saturated rings. The Morgan fingerprint density at radius 1 is 1.29 bits per heavy atom. The molecule has 2 rings (SSSR count). The Morgan fingerprint density at radius 2 is 2.05 bits per heavy atom. The fourth-order valence-corrected chi connectivity index (χ4v) is 2.47. The third-order valence-electron chi connectivity index (χ3n) is 3.12. The number of hydrogen-bond donors (Lipinski definition) is 1. The smallest absolute Gasteiger partial charge is 0.151 e. The highest BCUT2D eigenvalue weighted by Crippen LogP contribution is 2.18. The Labute approximate surface area is 134 Å². The van der Waals surface area contributed by atoms with Crippen LogP contribution in [0.25, 0.3) is 0 Å². The maximum atomic E-state index is 5.39. The predicted molar refractivity (Wildman–Crippen MR) is 87.8 cm³/mol. The van der Waals surface area contributed by atoms with Gasteiger partial charge < -0.3 is 9.84 Å². The van der Waals surface area contributed by atoms with E-state index in [0.29, 0.717) is 6.04 Å². The highest BCUT2D eigenvalue weighted by molar-refractivity contribution is 9.10. The molecule has 0 atom stereocenters. The van der Waals surface area contributed by atoms with Crippen LogP contribution in [0.15, 0.2) is 39.3 Å². The summed E-state index contributed by atoms with van der Waals surface area (Å²) in [6.07, 6.45) is 0. The van der Waals surface area contributed by atoms with Crippen LogP contribution >= 0.6 is 15.9 Å². The summed E-state index contributed by atoms with van der Waals surface area (Å²) in [5.41, 5.74) is 2.22. The molecular formula is C16H22BrN3O. The minimum Gasteiger partial charge on any atom is -0.360 e. The number of hydrogen-bond acceptors (Lipinski definition) is 4. The summed E-state index contributed by atoms with van der Waals surface area (Å²) in [6, 6.07) is 10.7. The summed E-state index contributed by atoms with van der Waals surface area (Å²) in [5, 5.41) is 7.43. The maximum absolute atomic E-state index is 5.39. The lowest BCUT2D eigenvalue weighted by Crippen LogP contribution is -2.21. The lowest BCUT2D eigenvalue weighted by atomic mass is 10.2. The van der Waals surface area contributed by atoms with Crippen LogP contribution in [0.5, 0.6) is 0 Å². The fourth-order valence-electron chi connectivity index (χ4n) is 2.06. The molecule has 0 bridgehead atoms. The Bertz CT molecular complexity index is 568. The monoisotopic (exact) mass is 351 g/mol. The Hall–Kier alpha value is -1.17. The second-order valence-electron chi connectivity index (χ2n) is 5.58. The minimum atomic E-state index is 0.447. The first-order chi connectivity index (χ1) is 10.0. The summed E-state index contributed by atoms with van der Waals surface area (Å²) >= 11 is 3.58. The van der Waals surface area contributed by atoms with Crippen LogP contribution < -0.4 is 5.32 Å². The van der Waals surface area contributed by atoms with E-state index in [0.717, 1.165) is 35.6 Å². The molecule has 0 aliphatic heterocycles. The molecule has 5 heteroatoms. The summed E-state index contributed by atoms with van der Waals surface area (Å²) in [7, 11) is 2.08. The molecule has 0 saturated heterocycles. The maximum Gasteiger partial charge on any atom is 0.151 e. The van der Waals surface area contributed by atoms with Gasteiger partial charge in [-0.05, 0) is 18.7 Å². The molecule has 1 N–H and O–H groups in total. The van der Waals surface area contributed by atoms with Gasteiger partial charge in [0.15, 0.2) is 5.76 Å². The van der Waals surface area contributed by atoms with Gasteiger partial charge in [0.1, 0.15) is 0 Å². The summed E-state index contributed by atoms with van der Waals surface area (Å²) in [6.45, 7) is 6.59. The van der Waals surface area contributed by atoms with Crippen LogP contribution in [0, 0.1) is 0 Å². The number of rotatable bonds is 7. The third kappa shape index (κ3) is 5.26. The molecule has 1 aromatic heterocycles. The molecule has 1 aromatic carbocycles. The summed E-state index contributed by atoms with van der Waals surface area (Å²) < 4.78 is 6.53. The van der Waals surface area contributed by atoms with E-state index in [1.807, 2.05) is 12.1 Å². The second-order valence-corrected chi connectivity index (χ2v) is 6.44. The van der Waals surface area contributed by atoms with Gasteiger partial charge in [-0.15, -0.1) is 0 Å². The van der Waals surface area contributed by atoms with Gasteiger partial charge in [-0.3, -0.25) is 4.90 Å². The number of benzene rings is 1. The van der Waals surface area contributed by atoms with E-state index in [4.69, 9.17) is 4.52 Å². The van der Waals surface area contributed by atoms with Gasteiger partial charge in [-0.25, -0.2) is 0 Å². The molecular weight excluding hydrogens is 330 g/mol. The van der Waals surface area contributed by atoms with Crippen molar-refractivity contribution < 1.29 is 4.52 Å². The lowest BCUT2D eigenvalue weighted by Gasteiger charge is -2.15. The van der Waals surface area contributed by atoms with Crippen LogP contribution in [0.4, 0.5) is 0 Å². The quantitative estimate of drug-likeness (QED) is 0.827. The normalized spacial score (nSPS) is 11.5. The molecule has 0 unspecified atom stereocenters. The van der Waals surface area contributed by atoms with Gasteiger partial charge in [-0.2, -0.15) is 0 Å². The number of aromatic nitrogens is 1. The average molecular weight is 352 g/mol. The first-order valence-corrected chi connectivity index (χ1v) is 7.93. The molecule has 21 heavy (non-hydrogen) atoms. The number of halogens is 1. The van der Waals surface area contributed by atoms with Crippen LogP contribution in [0.2, 0.25) is 0 Å². The Morgan fingerprint density at radius 3 is 2.76 bits per heavy atom. The van der Waals surface area contributed by atoms with Crippen molar-refractivity contribution in [3.63, 3.8) is 0 Å². The summed E-state index contributed by atoms with van der Waals surface area (Å²) in [4.78, 5) is 2.21. The van der Waals surface area contributed by atoms with Crippen molar-refractivity contribution in [1.29, 1.82) is 0 Å². The fraction of sp³-hybridized carbons (Fsp3) is 0.438. The summed E-state index contributed by atoms with van der Waals surface area (Å²) in [5.74, 6) is 0.894. The van der Waals surface area contributed by atoms with E-state index < -0.39 is 0 Å². The standard InChI is InChI=1S/C16H22BrN3O/c1-12(2)18-9-14-8-15(21-19-14)11-20(3)10-13-6-4-5-7-16(13)17/h4-8,12,18H,9-11H2,1-3H3. The van der Waals surface area contributed by atoms with Gasteiger partial charge in [0, 0.05) is 29.7 Å². The highest BCUT2D eigenvalue weighted by atomic mass is 79.9. The molecule has 114 valence electrons. The first kappa shape index (κ1) is 16.2. The van der Waals surface area contributed by atoms with E-state index in [2.05, 4.69) is 70.4 Å². The number of nitrogens with one attached hydrogen (secondary N) is 1.